The van der Waals surface area contributed by atoms with Gasteiger partial charge in [-0.1, -0.05) is 30.3 Å². The zero-order chi connectivity index (χ0) is 17.4. The van der Waals surface area contributed by atoms with Gasteiger partial charge in [0.2, 0.25) is 0 Å². The second kappa shape index (κ2) is 6.16. The van der Waals surface area contributed by atoms with Crippen LogP contribution in [0.3, 0.4) is 0 Å². The standard InChI is InChI=1S/C20H19N3O2/c1-14-9-10-22-18(11-14)21-12-17(19(22)24)20(25)23(16-7-8-16)13-15-5-3-2-4-6-15/h2-6,9-12,16H,7-8,13H2,1H3. The highest BCUT2D eigenvalue weighted by Crippen LogP contribution is 2.29. The van der Waals surface area contributed by atoms with Crippen LogP contribution in [0.25, 0.3) is 5.65 Å². The molecule has 126 valence electrons. The summed E-state index contributed by atoms with van der Waals surface area (Å²) in [5, 5.41) is 0. The maximum absolute atomic E-state index is 13.0. The van der Waals surface area contributed by atoms with Crippen molar-refractivity contribution in [3.63, 3.8) is 0 Å². The minimum Gasteiger partial charge on any atom is -0.331 e. The Morgan fingerprint density at radius 2 is 2.00 bits per heavy atom. The van der Waals surface area contributed by atoms with E-state index in [0.717, 1.165) is 24.0 Å². The van der Waals surface area contributed by atoms with Crippen LogP contribution in [0.15, 0.2) is 59.7 Å². The maximum atomic E-state index is 13.0. The molecule has 1 aromatic carbocycles. The number of carbonyl (C=O) groups is 1. The van der Waals surface area contributed by atoms with E-state index in [1.807, 2.05) is 49.4 Å². The van der Waals surface area contributed by atoms with Crippen LogP contribution in [0.5, 0.6) is 0 Å². The molecule has 5 heteroatoms. The fourth-order valence-electron chi connectivity index (χ4n) is 3.01. The summed E-state index contributed by atoms with van der Waals surface area (Å²) in [4.78, 5) is 31.9. The van der Waals surface area contributed by atoms with Crippen LogP contribution in [-0.4, -0.2) is 26.2 Å². The minimum atomic E-state index is -0.311. The minimum absolute atomic E-state index is 0.129. The van der Waals surface area contributed by atoms with Crippen LogP contribution < -0.4 is 5.56 Å². The van der Waals surface area contributed by atoms with Crippen molar-refractivity contribution in [2.24, 2.45) is 0 Å². The molecule has 0 N–H and O–H groups in total. The Kier molecular flexibility index (Phi) is 3.84. The van der Waals surface area contributed by atoms with Crippen molar-refractivity contribution in [3.05, 3.63) is 81.9 Å². The van der Waals surface area contributed by atoms with Crippen LogP contribution in [0.1, 0.15) is 34.3 Å². The van der Waals surface area contributed by atoms with E-state index in [1.165, 1.54) is 10.6 Å². The number of hydrogen-bond donors (Lipinski definition) is 0. The molecule has 0 unspecified atom stereocenters. The average molecular weight is 333 g/mol. The average Bonchev–Trinajstić information content (AvgIpc) is 3.45. The number of aryl methyl sites for hydroxylation is 1. The van der Waals surface area contributed by atoms with E-state index < -0.39 is 0 Å². The number of rotatable bonds is 4. The van der Waals surface area contributed by atoms with Gasteiger partial charge in [-0.05, 0) is 43.0 Å². The summed E-state index contributed by atoms with van der Waals surface area (Å²) in [6.45, 7) is 2.46. The highest BCUT2D eigenvalue weighted by molar-refractivity contribution is 5.94. The fourth-order valence-corrected chi connectivity index (χ4v) is 3.01. The van der Waals surface area contributed by atoms with Gasteiger partial charge in [-0.3, -0.25) is 14.0 Å². The number of nitrogens with zero attached hydrogens (tertiary/aromatic N) is 3. The van der Waals surface area contributed by atoms with Crippen LogP contribution in [0.2, 0.25) is 0 Å². The highest BCUT2D eigenvalue weighted by Gasteiger charge is 2.34. The lowest BCUT2D eigenvalue weighted by Gasteiger charge is -2.22. The number of carbonyl (C=O) groups excluding carboxylic acids is 1. The summed E-state index contributed by atoms with van der Waals surface area (Å²) in [7, 11) is 0. The Bertz CT molecular complexity index is 991. The molecule has 2 heterocycles. The van der Waals surface area contributed by atoms with Gasteiger partial charge in [0.05, 0.1) is 0 Å². The molecular formula is C20H19N3O2. The first kappa shape index (κ1) is 15.6. The number of amides is 1. The summed E-state index contributed by atoms with van der Waals surface area (Å²) in [5.74, 6) is -0.237. The molecule has 1 amide bonds. The Morgan fingerprint density at radius 1 is 1.24 bits per heavy atom. The number of pyridine rings is 1. The molecule has 25 heavy (non-hydrogen) atoms. The van der Waals surface area contributed by atoms with Gasteiger partial charge >= 0.3 is 0 Å². The highest BCUT2D eigenvalue weighted by atomic mass is 16.2. The predicted octanol–water partition coefficient (Wildman–Crippen LogP) is 2.81. The van der Waals surface area contributed by atoms with Gasteiger partial charge in [-0.2, -0.15) is 0 Å². The summed E-state index contributed by atoms with van der Waals surface area (Å²) in [6.07, 6.45) is 5.06. The van der Waals surface area contributed by atoms with Crippen molar-refractivity contribution in [1.82, 2.24) is 14.3 Å². The lowest BCUT2D eigenvalue weighted by molar-refractivity contribution is 0.0727. The molecule has 4 rings (SSSR count). The van der Waals surface area contributed by atoms with Crippen molar-refractivity contribution in [1.29, 1.82) is 0 Å². The van der Waals surface area contributed by atoms with Crippen molar-refractivity contribution in [2.75, 3.05) is 0 Å². The van der Waals surface area contributed by atoms with Crippen molar-refractivity contribution < 1.29 is 4.79 Å². The first-order chi connectivity index (χ1) is 12.1. The Hall–Kier alpha value is -2.95. The van der Waals surface area contributed by atoms with Gasteiger partial charge < -0.3 is 4.90 Å². The second-order valence-corrected chi connectivity index (χ2v) is 6.56. The van der Waals surface area contributed by atoms with Crippen LogP contribution >= 0.6 is 0 Å². The molecular weight excluding hydrogens is 314 g/mol. The molecule has 5 nitrogen and oxygen atoms in total. The predicted molar refractivity (Wildman–Crippen MR) is 95.5 cm³/mol. The van der Waals surface area contributed by atoms with Gasteiger partial charge in [0.25, 0.3) is 11.5 Å². The third-order valence-electron chi connectivity index (χ3n) is 4.54. The number of fused-ring (bicyclic) bond motifs is 1. The second-order valence-electron chi connectivity index (χ2n) is 6.56. The Labute approximate surface area is 145 Å². The van der Waals surface area contributed by atoms with Gasteiger partial charge in [-0.25, -0.2) is 4.98 Å². The third kappa shape index (κ3) is 3.05. The third-order valence-corrected chi connectivity index (χ3v) is 4.54. The van der Waals surface area contributed by atoms with E-state index in [0.29, 0.717) is 12.2 Å². The first-order valence-electron chi connectivity index (χ1n) is 8.46. The van der Waals surface area contributed by atoms with Gasteiger partial charge in [0.15, 0.2) is 0 Å². The summed E-state index contributed by atoms with van der Waals surface area (Å²) >= 11 is 0. The number of hydrogen-bond acceptors (Lipinski definition) is 3. The van der Waals surface area contributed by atoms with Gasteiger partial charge in [0, 0.05) is 25.0 Å². The van der Waals surface area contributed by atoms with Crippen molar-refractivity contribution in [3.8, 4) is 0 Å². The maximum Gasteiger partial charge on any atom is 0.270 e. The molecule has 0 saturated heterocycles. The van der Waals surface area contributed by atoms with Crippen LogP contribution in [-0.2, 0) is 6.54 Å². The normalized spacial score (nSPS) is 13.8. The van der Waals surface area contributed by atoms with Crippen molar-refractivity contribution >= 4 is 11.6 Å². The van der Waals surface area contributed by atoms with Crippen LogP contribution in [0, 0.1) is 6.92 Å². The lowest BCUT2D eigenvalue weighted by Crippen LogP contribution is -2.37. The zero-order valence-electron chi connectivity index (χ0n) is 14.1. The molecule has 1 saturated carbocycles. The lowest BCUT2D eigenvalue weighted by atomic mass is 10.2. The van der Waals surface area contributed by atoms with E-state index in [9.17, 15) is 9.59 Å². The molecule has 1 aliphatic rings. The summed E-state index contributed by atoms with van der Waals surface area (Å²) in [6, 6.07) is 13.7. The summed E-state index contributed by atoms with van der Waals surface area (Å²) in [5.41, 5.74) is 2.46. The quantitative estimate of drug-likeness (QED) is 0.738. The van der Waals surface area contributed by atoms with E-state index in [4.69, 9.17) is 0 Å². The molecule has 1 aliphatic carbocycles. The molecule has 0 bridgehead atoms. The van der Waals surface area contributed by atoms with E-state index in [2.05, 4.69) is 4.98 Å². The van der Waals surface area contributed by atoms with Gasteiger partial charge in [-0.15, -0.1) is 0 Å². The SMILES string of the molecule is Cc1ccn2c(=O)c(C(=O)N(Cc3ccccc3)C3CC3)cnc2c1. The van der Waals surface area contributed by atoms with Crippen molar-refractivity contribution in [2.45, 2.75) is 32.4 Å². The van der Waals surface area contributed by atoms with E-state index in [-0.39, 0.29) is 23.1 Å². The number of benzene rings is 1. The molecule has 1 fully saturated rings. The fraction of sp³-hybridized carbons (Fsp3) is 0.250. The molecule has 0 aliphatic heterocycles. The molecule has 0 atom stereocenters. The zero-order valence-corrected chi connectivity index (χ0v) is 14.1. The molecule has 0 radical (unpaired) electrons. The largest absolute Gasteiger partial charge is 0.331 e. The number of aromatic nitrogens is 2. The van der Waals surface area contributed by atoms with E-state index in [1.54, 1.807) is 11.1 Å². The smallest absolute Gasteiger partial charge is 0.270 e. The monoisotopic (exact) mass is 333 g/mol. The van der Waals surface area contributed by atoms with E-state index >= 15 is 0 Å². The topological polar surface area (TPSA) is 54.7 Å². The van der Waals surface area contributed by atoms with Gasteiger partial charge in [0.1, 0.15) is 11.2 Å². The first-order valence-corrected chi connectivity index (χ1v) is 8.46. The Balaban J connectivity index is 1.71. The molecule has 0 spiro atoms. The summed E-state index contributed by atoms with van der Waals surface area (Å²) < 4.78 is 1.44. The van der Waals surface area contributed by atoms with Crippen LogP contribution in [0.4, 0.5) is 0 Å². The Morgan fingerprint density at radius 3 is 2.72 bits per heavy atom. The molecule has 3 aromatic rings. The molecule has 2 aromatic heterocycles.